The van der Waals surface area contributed by atoms with Gasteiger partial charge in [0.25, 0.3) is 0 Å². The lowest BCUT2D eigenvalue weighted by Crippen LogP contribution is -2.46. The first-order valence-corrected chi connectivity index (χ1v) is 11.2. The minimum absolute atomic E-state index is 0.306. The molecule has 2 rings (SSSR count). The Kier molecular flexibility index (Phi) is 9.45. The minimum atomic E-state index is -0.714. The molecule has 3 atom stereocenters. The van der Waals surface area contributed by atoms with Crippen LogP contribution < -0.4 is 20.1 Å². The highest BCUT2D eigenvalue weighted by atomic mass is 32.2. The van der Waals surface area contributed by atoms with E-state index in [2.05, 4.69) is 22.5 Å². The van der Waals surface area contributed by atoms with Crippen LogP contribution in [0.15, 0.2) is 29.3 Å². The van der Waals surface area contributed by atoms with Gasteiger partial charge in [0.05, 0.1) is 13.7 Å². The Bertz CT molecular complexity index is 624. The molecule has 0 saturated heterocycles. The molecule has 7 heteroatoms. The Morgan fingerprint density at radius 2 is 2.11 bits per heavy atom. The van der Waals surface area contributed by atoms with E-state index in [1.807, 2.05) is 31.2 Å². The second-order valence-corrected chi connectivity index (χ2v) is 8.59. The molecular weight excluding hydrogens is 362 g/mol. The zero-order chi connectivity index (χ0) is 19.5. The summed E-state index contributed by atoms with van der Waals surface area (Å²) in [5, 5.41) is 7.11. The highest BCUT2D eigenvalue weighted by molar-refractivity contribution is 7.85. The molecule has 152 valence electrons. The van der Waals surface area contributed by atoms with E-state index in [1.165, 1.54) is 0 Å². The van der Waals surface area contributed by atoms with Gasteiger partial charge in [-0.25, -0.2) is 4.99 Å². The summed E-state index contributed by atoms with van der Waals surface area (Å²) in [6, 6.07) is 7.90. The van der Waals surface area contributed by atoms with Crippen LogP contribution in [0.25, 0.3) is 0 Å². The van der Waals surface area contributed by atoms with Gasteiger partial charge >= 0.3 is 0 Å². The summed E-state index contributed by atoms with van der Waals surface area (Å²) >= 11 is 0. The molecular formula is C20H33N3O3S. The van der Waals surface area contributed by atoms with Crippen LogP contribution in [0.4, 0.5) is 0 Å². The normalized spacial score (nSPS) is 21.4. The first-order chi connectivity index (χ1) is 13.2. The van der Waals surface area contributed by atoms with Gasteiger partial charge in [-0.1, -0.05) is 19.4 Å². The fourth-order valence-corrected chi connectivity index (χ4v) is 4.62. The third-order valence-electron chi connectivity index (χ3n) is 4.64. The summed E-state index contributed by atoms with van der Waals surface area (Å²) in [6.45, 7) is 5.92. The van der Waals surface area contributed by atoms with E-state index in [9.17, 15) is 4.21 Å². The molecule has 0 bridgehead atoms. The first kappa shape index (κ1) is 21.5. The van der Waals surface area contributed by atoms with E-state index in [0.717, 1.165) is 55.4 Å². The predicted molar refractivity (Wildman–Crippen MR) is 112 cm³/mol. The number of nitrogens with zero attached hydrogens (tertiary/aromatic N) is 1. The van der Waals surface area contributed by atoms with Crippen LogP contribution in [0.2, 0.25) is 0 Å². The van der Waals surface area contributed by atoms with Crippen LogP contribution in [0, 0.1) is 0 Å². The van der Waals surface area contributed by atoms with E-state index in [0.29, 0.717) is 24.4 Å². The fraction of sp³-hybridized carbons (Fsp3) is 0.650. The van der Waals surface area contributed by atoms with E-state index < -0.39 is 10.8 Å². The average molecular weight is 396 g/mol. The minimum Gasteiger partial charge on any atom is -0.497 e. The number of hydrogen-bond donors (Lipinski definition) is 2. The number of guanidine groups is 1. The Morgan fingerprint density at radius 1 is 1.30 bits per heavy atom. The zero-order valence-electron chi connectivity index (χ0n) is 16.7. The van der Waals surface area contributed by atoms with Gasteiger partial charge in [0.1, 0.15) is 18.1 Å². The van der Waals surface area contributed by atoms with E-state index >= 15 is 0 Å². The molecule has 0 aromatic heterocycles. The van der Waals surface area contributed by atoms with Crippen molar-refractivity contribution in [3.8, 4) is 11.5 Å². The summed E-state index contributed by atoms with van der Waals surface area (Å²) in [5.74, 6) is 3.11. The summed E-state index contributed by atoms with van der Waals surface area (Å²) in [5.41, 5.74) is 0. The Balaban J connectivity index is 1.83. The molecule has 1 aliphatic carbocycles. The van der Waals surface area contributed by atoms with Crippen LogP contribution in [-0.4, -0.2) is 54.0 Å². The molecule has 0 spiro atoms. The van der Waals surface area contributed by atoms with Crippen molar-refractivity contribution in [3.05, 3.63) is 24.3 Å². The van der Waals surface area contributed by atoms with Gasteiger partial charge in [-0.15, -0.1) is 0 Å². The first-order valence-electron chi connectivity index (χ1n) is 9.85. The molecule has 0 radical (unpaired) electrons. The van der Waals surface area contributed by atoms with Crippen molar-refractivity contribution < 1.29 is 13.7 Å². The number of ether oxygens (including phenoxy) is 2. The van der Waals surface area contributed by atoms with Gasteiger partial charge in [0.2, 0.25) is 0 Å². The lowest BCUT2D eigenvalue weighted by molar-refractivity contribution is 0.325. The van der Waals surface area contributed by atoms with Crippen LogP contribution in [-0.2, 0) is 10.8 Å². The summed E-state index contributed by atoms with van der Waals surface area (Å²) in [6.07, 6.45) is 4.24. The van der Waals surface area contributed by atoms with Gasteiger partial charge in [-0.05, 0) is 38.3 Å². The average Bonchev–Trinajstić information content (AvgIpc) is 2.71. The molecule has 27 heavy (non-hydrogen) atoms. The molecule has 1 fully saturated rings. The monoisotopic (exact) mass is 395 g/mol. The lowest BCUT2D eigenvalue weighted by atomic mass is 9.95. The smallest absolute Gasteiger partial charge is 0.191 e. The standard InChI is InChI=1S/C20H33N3O3S/c1-4-21-20(23-16-8-6-11-19(14-16)27(24)5-2)22-12-13-26-18-10-7-9-17(15-18)25-3/h7,9-10,15-16,19H,4-6,8,11-14H2,1-3H3,(H2,21,22,23). The second kappa shape index (κ2) is 11.8. The van der Waals surface area contributed by atoms with Crippen LogP contribution >= 0.6 is 0 Å². The summed E-state index contributed by atoms with van der Waals surface area (Å²) in [4.78, 5) is 4.62. The molecule has 1 aromatic rings. The predicted octanol–water partition coefficient (Wildman–Crippen LogP) is 2.71. The van der Waals surface area contributed by atoms with Crippen molar-refractivity contribution in [2.24, 2.45) is 4.99 Å². The molecule has 1 aliphatic rings. The quantitative estimate of drug-likeness (QED) is 0.382. The molecule has 0 amide bonds. The van der Waals surface area contributed by atoms with Crippen LogP contribution in [0.3, 0.4) is 0 Å². The fourth-order valence-electron chi connectivity index (χ4n) is 3.28. The molecule has 0 heterocycles. The highest BCUT2D eigenvalue weighted by Crippen LogP contribution is 2.23. The molecule has 0 aliphatic heterocycles. The molecule has 1 aromatic carbocycles. The summed E-state index contributed by atoms with van der Waals surface area (Å²) < 4.78 is 23.1. The Hall–Kier alpha value is -1.76. The number of methoxy groups -OCH3 is 1. The van der Waals surface area contributed by atoms with Crippen molar-refractivity contribution in [3.63, 3.8) is 0 Å². The maximum atomic E-state index is 12.1. The van der Waals surface area contributed by atoms with E-state index in [4.69, 9.17) is 9.47 Å². The maximum Gasteiger partial charge on any atom is 0.191 e. The van der Waals surface area contributed by atoms with Crippen molar-refractivity contribution in [1.29, 1.82) is 0 Å². The number of rotatable bonds is 9. The largest absolute Gasteiger partial charge is 0.497 e. The molecule has 6 nitrogen and oxygen atoms in total. The van der Waals surface area contributed by atoms with Gasteiger partial charge in [-0.3, -0.25) is 4.21 Å². The third kappa shape index (κ3) is 7.40. The van der Waals surface area contributed by atoms with Crippen LogP contribution in [0.5, 0.6) is 11.5 Å². The van der Waals surface area contributed by atoms with Gasteiger partial charge in [0.15, 0.2) is 5.96 Å². The summed E-state index contributed by atoms with van der Waals surface area (Å²) in [7, 11) is 0.928. The lowest BCUT2D eigenvalue weighted by Gasteiger charge is -2.30. The van der Waals surface area contributed by atoms with E-state index in [1.54, 1.807) is 7.11 Å². The van der Waals surface area contributed by atoms with Crippen LogP contribution in [0.1, 0.15) is 39.5 Å². The number of hydrogen-bond acceptors (Lipinski definition) is 4. The maximum absolute atomic E-state index is 12.1. The SMILES string of the molecule is CCNC(=NCCOc1cccc(OC)c1)NC1CCCC(S(=O)CC)C1. The Morgan fingerprint density at radius 3 is 2.85 bits per heavy atom. The third-order valence-corrected chi connectivity index (χ3v) is 6.38. The van der Waals surface area contributed by atoms with Crippen molar-refractivity contribution in [2.45, 2.75) is 50.8 Å². The number of aliphatic imine (C=N–C) groups is 1. The van der Waals surface area contributed by atoms with Crippen molar-refractivity contribution in [2.75, 3.05) is 32.6 Å². The second-order valence-electron chi connectivity index (χ2n) is 6.59. The zero-order valence-corrected chi connectivity index (χ0v) is 17.5. The number of benzene rings is 1. The van der Waals surface area contributed by atoms with Gasteiger partial charge < -0.3 is 20.1 Å². The van der Waals surface area contributed by atoms with Gasteiger partial charge in [0, 0.05) is 40.5 Å². The topological polar surface area (TPSA) is 72.0 Å². The molecule has 1 saturated carbocycles. The van der Waals surface area contributed by atoms with E-state index in [-0.39, 0.29) is 0 Å². The van der Waals surface area contributed by atoms with Crippen molar-refractivity contribution >= 4 is 16.8 Å². The highest BCUT2D eigenvalue weighted by Gasteiger charge is 2.25. The van der Waals surface area contributed by atoms with Crippen molar-refractivity contribution in [1.82, 2.24) is 10.6 Å². The molecule has 3 unspecified atom stereocenters. The van der Waals surface area contributed by atoms with Gasteiger partial charge in [-0.2, -0.15) is 0 Å². The molecule has 2 N–H and O–H groups in total. The Labute approximate surface area is 165 Å². The number of nitrogens with one attached hydrogen (secondary N) is 2.